The average molecular weight is 463 g/mol. The molecule has 0 spiro atoms. The summed E-state index contributed by atoms with van der Waals surface area (Å²) >= 11 is 0. The molecule has 9 nitrogen and oxygen atoms in total. The molecule has 2 aromatic carbocycles. The third kappa shape index (κ3) is 3.76. The molecule has 176 valence electrons. The first-order valence-electron chi connectivity index (χ1n) is 11.3. The fourth-order valence-electron chi connectivity index (χ4n) is 4.51. The molecule has 9 heteroatoms. The number of urea groups is 1. The third-order valence-electron chi connectivity index (χ3n) is 6.45. The van der Waals surface area contributed by atoms with Crippen LogP contribution in [0.5, 0.6) is 11.5 Å². The minimum atomic E-state index is -1.34. The molecule has 2 fully saturated rings. The smallest absolute Gasteiger partial charge is 0.325 e. The van der Waals surface area contributed by atoms with E-state index in [1.165, 1.54) is 0 Å². The number of ketones is 1. The highest BCUT2D eigenvalue weighted by atomic mass is 16.5. The van der Waals surface area contributed by atoms with Crippen LogP contribution in [0, 0.1) is 0 Å². The Balaban J connectivity index is 1.35. The van der Waals surface area contributed by atoms with E-state index in [1.807, 2.05) is 0 Å². The Labute approximate surface area is 196 Å². The van der Waals surface area contributed by atoms with Gasteiger partial charge in [0.15, 0.2) is 17.3 Å². The van der Waals surface area contributed by atoms with Crippen molar-refractivity contribution >= 4 is 29.3 Å². The molecular weight excluding hydrogens is 438 g/mol. The number of nitrogens with one attached hydrogen (secondary N) is 1. The van der Waals surface area contributed by atoms with Gasteiger partial charge in [-0.3, -0.25) is 19.3 Å². The highest BCUT2D eigenvalue weighted by Crippen LogP contribution is 2.36. The number of nitrogens with zero attached hydrogens (tertiary/aromatic N) is 2. The van der Waals surface area contributed by atoms with Gasteiger partial charge in [0, 0.05) is 30.6 Å². The number of carbonyl (C=O) groups is 4. The molecule has 4 amide bonds. The normalized spacial score (nSPS) is 22.1. The van der Waals surface area contributed by atoms with E-state index in [2.05, 4.69) is 5.32 Å². The van der Waals surface area contributed by atoms with Gasteiger partial charge in [0.1, 0.15) is 5.54 Å². The molecule has 2 saturated heterocycles. The van der Waals surface area contributed by atoms with Crippen LogP contribution in [0.4, 0.5) is 10.5 Å². The van der Waals surface area contributed by atoms with Crippen molar-refractivity contribution in [3.8, 4) is 11.5 Å². The van der Waals surface area contributed by atoms with E-state index in [9.17, 15) is 19.2 Å². The van der Waals surface area contributed by atoms with Gasteiger partial charge in [-0.15, -0.1) is 0 Å². The second kappa shape index (κ2) is 8.48. The van der Waals surface area contributed by atoms with Crippen LogP contribution in [0.3, 0.4) is 0 Å². The zero-order chi connectivity index (χ0) is 23.9. The highest BCUT2D eigenvalue weighted by molar-refractivity contribution is 6.11. The third-order valence-corrected chi connectivity index (χ3v) is 6.45. The van der Waals surface area contributed by atoms with Crippen molar-refractivity contribution < 1.29 is 28.7 Å². The first-order valence-corrected chi connectivity index (χ1v) is 11.3. The van der Waals surface area contributed by atoms with E-state index in [-0.39, 0.29) is 11.7 Å². The molecule has 0 aliphatic carbocycles. The van der Waals surface area contributed by atoms with E-state index >= 15 is 0 Å². The summed E-state index contributed by atoms with van der Waals surface area (Å²) in [5, 5.41) is 2.72. The quantitative estimate of drug-likeness (QED) is 0.540. The summed E-state index contributed by atoms with van der Waals surface area (Å²) in [5.41, 5.74) is 0.176. The molecule has 3 aliphatic rings. The minimum absolute atomic E-state index is 0.0181. The molecule has 5 rings (SSSR count). The van der Waals surface area contributed by atoms with E-state index in [4.69, 9.17) is 9.47 Å². The first-order chi connectivity index (χ1) is 16.4. The number of carbonyl (C=O) groups excluding carboxylic acids is 4. The van der Waals surface area contributed by atoms with Crippen LogP contribution >= 0.6 is 0 Å². The standard InChI is InChI=1S/C25H25N3O6/c1-25(17-8-9-20-21(14-17)34-12-4-11-33-20)23(31)28(24(32)26-25)15-19(29)16-5-2-6-18(13-16)27-10-3-7-22(27)30/h2,5-6,8-9,13-14H,3-4,7,10-12,15H2,1H3,(H,26,32)/t25-/m0/s1. The van der Waals surface area contributed by atoms with Crippen molar-refractivity contribution in [1.82, 2.24) is 10.2 Å². The number of Topliss-reactive ketones (excluding diaryl/α,β-unsaturated/α-hetero) is 1. The Hall–Kier alpha value is -3.88. The highest BCUT2D eigenvalue weighted by Gasteiger charge is 2.49. The van der Waals surface area contributed by atoms with Crippen LogP contribution < -0.4 is 19.7 Å². The molecule has 1 atom stereocenters. The van der Waals surface area contributed by atoms with Crippen molar-refractivity contribution in [2.24, 2.45) is 0 Å². The van der Waals surface area contributed by atoms with Crippen LogP contribution in [-0.2, 0) is 15.1 Å². The number of anilines is 1. The number of fused-ring (bicyclic) bond motifs is 1. The summed E-state index contributed by atoms with van der Waals surface area (Å²) < 4.78 is 11.4. The molecule has 3 heterocycles. The Bertz CT molecular complexity index is 1190. The number of imide groups is 1. The second-order valence-electron chi connectivity index (χ2n) is 8.78. The molecule has 1 N–H and O–H groups in total. The Morgan fingerprint density at radius 3 is 2.59 bits per heavy atom. The molecule has 3 aliphatic heterocycles. The summed E-state index contributed by atoms with van der Waals surface area (Å²) in [7, 11) is 0. The lowest BCUT2D eigenvalue weighted by molar-refractivity contribution is -0.130. The van der Waals surface area contributed by atoms with Gasteiger partial charge in [-0.25, -0.2) is 4.79 Å². The lowest BCUT2D eigenvalue weighted by Gasteiger charge is -2.23. The van der Waals surface area contributed by atoms with Crippen LogP contribution in [0.25, 0.3) is 0 Å². The van der Waals surface area contributed by atoms with Crippen molar-refractivity contribution in [1.29, 1.82) is 0 Å². The Kier molecular flexibility index (Phi) is 5.47. The lowest BCUT2D eigenvalue weighted by Crippen LogP contribution is -2.41. The van der Waals surface area contributed by atoms with E-state index in [1.54, 1.807) is 54.3 Å². The zero-order valence-electron chi connectivity index (χ0n) is 18.8. The number of ether oxygens (including phenoxy) is 2. The van der Waals surface area contributed by atoms with Crippen LogP contribution in [0.1, 0.15) is 42.1 Å². The van der Waals surface area contributed by atoms with Crippen molar-refractivity contribution in [2.75, 3.05) is 31.2 Å². The molecule has 34 heavy (non-hydrogen) atoms. The fraction of sp³-hybridized carbons (Fsp3) is 0.360. The topological polar surface area (TPSA) is 105 Å². The van der Waals surface area contributed by atoms with Gasteiger partial charge in [0.05, 0.1) is 19.8 Å². The monoisotopic (exact) mass is 463 g/mol. The molecule has 0 unspecified atom stereocenters. The van der Waals surface area contributed by atoms with Gasteiger partial charge in [0.25, 0.3) is 5.91 Å². The molecule has 0 bridgehead atoms. The van der Waals surface area contributed by atoms with Crippen LogP contribution in [-0.4, -0.2) is 54.8 Å². The Morgan fingerprint density at radius 1 is 1.03 bits per heavy atom. The van der Waals surface area contributed by atoms with Crippen molar-refractivity contribution in [3.05, 3.63) is 53.6 Å². The van der Waals surface area contributed by atoms with Gasteiger partial charge < -0.3 is 19.7 Å². The number of benzene rings is 2. The van der Waals surface area contributed by atoms with E-state index in [0.29, 0.717) is 54.5 Å². The SMILES string of the molecule is C[C@@]1(c2ccc3c(c2)OCCCO3)NC(=O)N(CC(=O)c2cccc(N3CCCC3=O)c2)C1=O. The summed E-state index contributed by atoms with van der Waals surface area (Å²) in [4.78, 5) is 53.7. The Morgan fingerprint density at radius 2 is 1.82 bits per heavy atom. The summed E-state index contributed by atoms with van der Waals surface area (Å²) in [5.74, 6) is 0.210. The number of rotatable bonds is 5. The van der Waals surface area contributed by atoms with Gasteiger partial charge in [-0.2, -0.15) is 0 Å². The fourth-order valence-corrected chi connectivity index (χ4v) is 4.51. The zero-order valence-corrected chi connectivity index (χ0v) is 18.8. The van der Waals surface area contributed by atoms with Crippen molar-refractivity contribution in [3.63, 3.8) is 0 Å². The van der Waals surface area contributed by atoms with Crippen LogP contribution in [0.2, 0.25) is 0 Å². The number of hydrogen-bond donors (Lipinski definition) is 1. The molecule has 0 saturated carbocycles. The van der Waals surface area contributed by atoms with Crippen LogP contribution in [0.15, 0.2) is 42.5 Å². The van der Waals surface area contributed by atoms with Gasteiger partial charge >= 0.3 is 6.03 Å². The predicted molar refractivity (Wildman–Crippen MR) is 122 cm³/mol. The minimum Gasteiger partial charge on any atom is -0.490 e. The molecular formula is C25H25N3O6. The van der Waals surface area contributed by atoms with Gasteiger partial charge in [0.2, 0.25) is 5.91 Å². The summed E-state index contributed by atoms with van der Waals surface area (Å²) in [6.45, 7) is 2.86. The van der Waals surface area contributed by atoms with Crippen molar-refractivity contribution in [2.45, 2.75) is 31.7 Å². The molecule has 0 aromatic heterocycles. The maximum Gasteiger partial charge on any atom is 0.325 e. The maximum atomic E-state index is 13.3. The average Bonchev–Trinajstić information content (AvgIpc) is 3.24. The van der Waals surface area contributed by atoms with Gasteiger partial charge in [-0.1, -0.05) is 18.2 Å². The number of amides is 4. The maximum absolute atomic E-state index is 13.3. The largest absolute Gasteiger partial charge is 0.490 e. The van der Waals surface area contributed by atoms with E-state index < -0.39 is 24.0 Å². The van der Waals surface area contributed by atoms with E-state index in [0.717, 1.165) is 17.7 Å². The predicted octanol–water partition coefficient (Wildman–Crippen LogP) is 2.62. The number of hydrogen-bond acceptors (Lipinski definition) is 6. The van der Waals surface area contributed by atoms with Gasteiger partial charge in [-0.05, 0) is 43.2 Å². The molecule has 0 radical (unpaired) electrons. The summed E-state index contributed by atoms with van der Waals surface area (Å²) in [6.07, 6.45) is 2.01. The lowest BCUT2D eigenvalue weighted by atomic mass is 9.91. The second-order valence-corrected chi connectivity index (χ2v) is 8.78. The molecule has 2 aromatic rings. The summed E-state index contributed by atoms with van der Waals surface area (Å²) in [6, 6.07) is 11.2. The first kappa shape index (κ1) is 21.9.